The van der Waals surface area contributed by atoms with Gasteiger partial charge in [0.25, 0.3) is 0 Å². The molecule has 0 unspecified atom stereocenters. The molecule has 0 bridgehead atoms. The highest BCUT2D eigenvalue weighted by atomic mass is 16.6. The van der Waals surface area contributed by atoms with E-state index in [9.17, 15) is 20.3 Å². The summed E-state index contributed by atoms with van der Waals surface area (Å²) in [4.78, 5) is 15.9. The molecule has 4 N–H and O–H groups in total. The Balaban J connectivity index is 1.75. The zero-order valence-corrected chi connectivity index (χ0v) is 13.6. The van der Waals surface area contributed by atoms with Gasteiger partial charge in [0.1, 0.15) is 30.1 Å². The van der Waals surface area contributed by atoms with Crippen molar-refractivity contribution in [2.75, 3.05) is 12.3 Å². The molecular weight excluding hydrogens is 342 g/mol. The van der Waals surface area contributed by atoms with Crippen molar-refractivity contribution in [2.45, 2.75) is 36.8 Å². The van der Waals surface area contributed by atoms with Crippen molar-refractivity contribution in [1.82, 2.24) is 14.6 Å². The fourth-order valence-electron chi connectivity index (χ4n) is 3.24. The number of nitrogens with zero attached hydrogens (tertiary/aromatic N) is 4. The molecule has 0 spiro atoms. The van der Waals surface area contributed by atoms with E-state index in [-0.39, 0.29) is 17.4 Å². The lowest BCUT2D eigenvalue weighted by Gasteiger charge is -2.24. The van der Waals surface area contributed by atoms with E-state index in [0.29, 0.717) is 5.52 Å². The van der Waals surface area contributed by atoms with Crippen LogP contribution in [0.5, 0.6) is 0 Å². The maximum absolute atomic E-state index is 12.0. The molecule has 10 nitrogen and oxygen atoms in total. The van der Waals surface area contributed by atoms with Gasteiger partial charge in [-0.2, -0.15) is 10.4 Å². The zero-order chi connectivity index (χ0) is 18.5. The van der Waals surface area contributed by atoms with E-state index in [1.807, 2.05) is 6.07 Å². The average Bonchev–Trinajstić information content (AvgIpc) is 3.35. The van der Waals surface area contributed by atoms with Gasteiger partial charge in [0.15, 0.2) is 11.9 Å². The number of ether oxygens (including phenoxy) is 2. The molecule has 136 valence electrons. The van der Waals surface area contributed by atoms with Gasteiger partial charge in [0.05, 0.1) is 18.2 Å². The Morgan fingerprint density at radius 3 is 2.96 bits per heavy atom. The van der Waals surface area contributed by atoms with Gasteiger partial charge in [0.2, 0.25) is 5.60 Å². The summed E-state index contributed by atoms with van der Waals surface area (Å²) in [5.41, 5.74) is 4.57. The smallest absolute Gasteiger partial charge is 0.309 e. The van der Waals surface area contributed by atoms with Crippen LogP contribution in [-0.2, 0) is 19.9 Å². The molecule has 1 saturated carbocycles. The van der Waals surface area contributed by atoms with E-state index in [4.69, 9.17) is 15.2 Å². The molecule has 2 aromatic rings. The molecule has 2 fully saturated rings. The molecule has 10 heteroatoms. The van der Waals surface area contributed by atoms with Gasteiger partial charge in [-0.3, -0.25) is 4.79 Å². The summed E-state index contributed by atoms with van der Waals surface area (Å²) in [7, 11) is 0. The summed E-state index contributed by atoms with van der Waals surface area (Å²) in [6.07, 6.45) is -1.05. The first-order chi connectivity index (χ1) is 12.5. The third-order valence-corrected chi connectivity index (χ3v) is 4.80. The standard InChI is InChI=1S/C16H17N5O5/c17-6-16(11-4-3-9-14(18)19-7-20-21(9)11)13(23)12(10(5-22)26-16)25-15(24)8-1-2-8/h3-4,7-8,10,12-13,22-23H,1-2,5H2,(H2,18,19,20)/t10-,12-,13-,16+/m1/s1. The number of nitrogen functional groups attached to an aromatic ring is 1. The molecule has 1 aliphatic heterocycles. The third-order valence-electron chi connectivity index (χ3n) is 4.80. The van der Waals surface area contributed by atoms with Crippen LogP contribution in [0.1, 0.15) is 18.5 Å². The maximum Gasteiger partial charge on any atom is 0.309 e. The van der Waals surface area contributed by atoms with E-state index >= 15 is 0 Å². The monoisotopic (exact) mass is 359 g/mol. The highest BCUT2D eigenvalue weighted by molar-refractivity contribution is 5.75. The first-order valence-corrected chi connectivity index (χ1v) is 8.19. The van der Waals surface area contributed by atoms with Crippen molar-refractivity contribution in [1.29, 1.82) is 5.26 Å². The van der Waals surface area contributed by atoms with Crippen LogP contribution in [0.15, 0.2) is 18.5 Å². The summed E-state index contributed by atoms with van der Waals surface area (Å²) < 4.78 is 12.4. The number of aliphatic hydroxyl groups is 2. The molecule has 2 aromatic heterocycles. The molecule has 4 atom stereocenters. The Bertz CT molecular complexity index is 904. The van der Waals surface area contributed by atoms with Crippen molar-refractivity contribution in [3.63, 3.8) is 0 Å². The summed E-state index contributed by atoms with van der Waals surface area (Å²) in [5, 5.41) is 34.3. The number of carbonyl (C=O) groups is 1. The summed E-state index contributed by atoms with van der Waals surface area (Å²) in [6, 6.07) is 5.09. The van der Waals surface area contributed by atoms with Gasteiger partial charge in [-0.15, -0.1) is 0 Å². The van der Waals surface area contributed by atoms with Crippen LogP contribution in [0.25, 0.3) is 5.52 Å². The molecular formula is C16H17N5O5. The second kappa shape index (κ2) is 5.91. The second-order valence-corrected chi connectivity index (χ2v) is 6.47. The number of anilines is 1. The lowest BCUT2D eigenvalue weighted by Crippen LogP contribution is -2.43. The van der Waals surface area contributed by atoms with Gasteiger partial charge < -0.3 is 25.4 Å². The summed E-state index contributed by atoms with van der Waals surface area (Å²) in [5.74, 6) is -0.459. The van der Waals surface area contributed by atoms with Crippen molar-refractivity contribution in [3.8, 4) is 6.07 Å². The number of rotatable bonds is 4. The fraction of sp³-hybridized carbons (Fsp3) is 0.500. The minimum atomic E-state index is -1.88. The van der Waals surface area contributed by atoms with Gasteiger partial charge in [0, 0.05) is 0 Å². The Morgan fingerprint density at radius 1 is 1.54 bits per heavy atom. The number of nitrogens with two attached hydrogens (primary N) is 1. The van der Waals surface area contributed by atoms with Crippen LogP contribution in [0.2, 0.25) is 0 Å². The van der Waals surface area contributed by atoms with Crippen LogP contribution in [0.3, 0.4) is 0 Å². The molecule has 2 aliphatic rings. The van der Waals surface area contributed by atoms with Crippen LogP contribution >= 0.6 is 0 Å². The van der Waals surface area contributed by atoms with E-state index in [1.54, 1.807) is 6.07 Å². The number of hydrogen-bond acceptors (Lipinski definition) is 9. The Labute approximate surface area is 147 Å². The predicted octanol–water partition coefficient (Wildman–Crippen LogP) is -0.896. The molecule has 0 amide bonds. The normalized spacial score (nSPS) is 31.0. The van der Waals surface area contributed by atoms with Crippen LogP contribution in [0, 0.1) is 17.2 Å². The van der Waals surface area contributed by atoms with Crippen molar-refractivity contribution in [3.05, 3.63) is 24.2 Å². The molecule has 26 heavy (non-hydrogen) atoms. The van der Waals surface area contributed by atoms with Crippen LogP contribution in [-0.4, -0.2) is 55.7 Å². The van der Waals surface area contributed by atoms with E-state index in [2.05, 4.69) is 10.1 Å². The SMILES string of the molecule is N#C[C@@]1(c2ccc3c(N)ncnn23)O[C@H](CO)[C@@H](OC(=O)C2CC2)[C@H]1O. The summed E-state index contributed by atoms with van der Waals surface area (Å²) in [6.45, 7) is -0.524. The Morgan fingerprint density at radius 2 is 2.31 bits per heavy atom. The molecule has 0 radical (unpaired) electrons. The minimum Gasteiger partial charge on any atom is -0.456 e. The first-order valence-electron chi connectivity index (χ1n) is 8.19. The van der Waals surface area contributed by atoms with Crippen LogP contribution < -0.4 is 5.73 Å². The van der Waals surface area contributed by atoms with E-state index in [0.717, 1.165) is 12.8 Å². The number of aliphatic hydroxyl groups excluding tert-OH is 2. The third kappa shape index (κ3) is 2.33. The molecule has 1 aliphatic carbocycles. The van der Waals surface area contributed by atoms with E-state index < -0.39 is 36.5 Å². The first kappa shape index (κ1) is 16.7. The summed E-state index contributed by atoms with van der Waals surface area (Å²) >= 11 is 0. The maximum atomic E-state index is 12.0. The van der Waals surface area contributed by atoms with Gasteiger partial charge in [-0.25, -0.2) is 9.50 Å². The van der Waals surface area contributed by atoms with Gasteiger partial charge >= 0.3 is 5.97 Å². The average molecular weight is 359 g/mol. The highest BCUT2D eigenvalue weighted by Gasteiger charge is 2.59. The van der Waals surface area contributed by atoms with E-state index in [1.165, 1.54) is 16.9 Å². The van der Waals surface area contributed by atoms with Crippen molar-refractivity contribution >= 4 is 17.3 Å². The zero-order valence-electron chi connectivity index (χ0n) is 13.6. The lowest BCUT2D eigenvalue weighted by molar-refractivity contribution is -0.158. The quantitative estimate of drug-likeness (QED) is 0.589. The van der Waals surface area contributed by atoms with Gasteiger partial charge in [-0.1, -0.05) is 0 Å². The number of esters is 1. The number of fused-ring (bicyclic) bond motifs is 1. The Hall–Kier alpha value is -2.74. The molecule has 0 aromatic carbocycles. The lowest BCUT2D eigenvalue weighted by atomic mass is 9.92. The van der Waals surface area contributed by atoms with Crippen molar-refractivity contribution in [2.24, 2.45) is 5.92 Å². The number of aromatic nitrogens is 3. The number of carbonyl (C=O) groups excluding carboxylic acids is 1. The fourth-order valence-corrected chi connectivity index (χ4v) is 3.24. The number of hydrogen-bond donors (Lipinski definition) is 3. The predicted molar refractivity (Wildman–Crippen MR) is 85.3 cm³/mol. The minimum absolute atomic E-state index is 0.194. The number of nitriles is 1. The second-order valence-electron chi connectivity index (χ2n) is 6.47. The molecule has 3 heterocycles. The highest BCUT2D eigenvalue weighted by Crippen LogP contribution is 2.42. The molecule has 1 saturated heterocycles. The Kier molecular flexibility index (Phi) is 3.80. The van der Waals surface area contributed by atoms with Gasteiger partial charge in [-0.05, 0) is 25.0 Å². The molecule has 4 rings (SSSR count). The van der Waals surface area contributed by atoms with Crippen LogP contribution in [0.4, 0.5) is 5.82 Å². The topological polar surface area (TPSA) is 156 Å². The largest absolute Gasteiger partial charge is 0.456 e. The van der Waals surface area contributed by atoms with Crippen molar-refractivity contribution < 1.29 is 24.5 Å².